The van der Waals surface area contributed by atoms with Crippen molar-refractivity contribution < 1.29 is 14.1 Å². The van der Waals surface area contributed by atoms with Gasteiger partial charge in [0.25, 0.3) is 0 Å². The first-order valence-corrected chi connectivity index (χ1v) is 7.45. The number of carbonyl (C=O) groups is 1. The van der Waals surface area contributed by atoms with Gasteiger partial charge in [0, 0.05) is 0 Å². The number of aryl methyl sites for hydroxylation is 1. The minimum Gasteiger partial charge on any atom is -0.358 e. The molecule has 1 N–H and O–H groups in total. The second-order valence-electron chi connectivity index (χ2n) is 4.86. The quantitative estimate of drug-likeness (QED) is 0.494. The molecular formula is C13H14FN5O3S. The molecule has 0 saturated carbocycles. The van der Waals surface area contributed by atoms with Crippen molar-refractivity contribution in [1.82, 2.24) is 15.2 Å². The smallest absolute Gasteiger partial charge is 0.358 e. The van der Waals surface area contributed by atoms with Gasteiger partial charge in [-0.05, 0) is 24.0 Å². The number of nitrogens with one attached hydrogen (secondary N) is 1. The first-order chi connectivity index (χ1) is 10.9. The fourth-order valence-corrected chi connectivity index (χ4v) is 2.38. The Morgan fingerprint density at radius 2 is 2.39 bits per heavy atom. The van der Waals surface area contributed by atoms with Crippen molar-refractivity contribution in [1.29, 1.82) is 0 Å². The third-order valence-corrected chi connectivity index (χ3v) is 3.82. The van der Waals surface area contributed by atoms with Gasteiger partial charge in [0.1, 0.15) is 0 Å². The van der Waals surface area contributed by atoms with Crippen LogP contribution in [-0.4, -0.2) is 26.8 Å². The van der Waals surface area contributed by atoms with E-state index >= 15 is 0 Å². The summed E-state index contributed by atoms with van der Waals surface area (Å²) in [5.74, 6) is -1.12. The van der Waals surface area contributed by atoms with Gasteiger partial charge in [-0.25, -0.2) is 5.43 Å². The van der Waals surface area contributed by atoms with E-state index in [1.54, 1.807) is 19.9 Å². The third kappa shape index (κ3) is 4.42. The molecule has 1 unspecified atom stereocenters. The molecule has 0 aliphatic rings. The van der Waals surface area contributed by atoms with Gasteiger partial charge in [-0.1, -0.05) is 6.92 Å². The van der Waals surface area contributed by atoms with Gasteiger partial charge < -0.3 is 10.1 Å². The zero-order valence-electron chi connectivity index (χ0n) is 12.4. The monoisotopic (exact) mass is 339 g/mol. The van der Waals surface area contributed by atoms with Crippen LogP contribution in [0.15, 0.2) is 23.3 Å². The fourth-order valence-electron chi connectivity index (χ4n) is 1.78. The molecule has 2 aromatic heterocycles. The first-order valence-electron chi connectivity index (χ1n) is 6.64. The maximum atomic E-state index is 12.8. The minimum absolute atomic E-state index is 0.189. The van der Waals surface area contributed by atoms with E-state index in [0.717, 1.165) is 11.3 Å². The van der Waals surface area contributed by atoms with Gasteiger partial charge >= 0.3 is 5.82 Å². The summed E-state index contributed by atoms with van der Waals surface area (Å²) in [6, 6.07) is 4.20. The van der Waals surface area contributed by atoms with E-state index in [1.165, 1.54) is 23.0 Å². The van der Waals surface area contributed by atoms with Crippen LogP contribution < -0.4 is 5.43 Å². The second-order valence-corrected chi connectivity index (χ2v) is 5.93. The number of carbonyl (C=O) groups excluding carboxylic acids is 1. The van der Waals surface area contributed by atoms with Crippen molar-refractivity contribution in [2.45, 2.75) is 20.4 Å². The van der Waals surface area contributed by atoms with Crippen LogP contribution in [0.3, 0.4) is 0 Å². The molecule has 0 bridgehead atoms. The van der Waals surface area contributed by atoms with E-state index in [4.69, 9.17) is 0 Å². The van der Waals surface area contributed by atoms with Gasteiger partial charge in [0.15, 0.2) is 5.13 Å². The van der Waals surface area contributed by atoms with E-state index in [1.807, 2.05) is 0 Å². The predicted molar refractivity (Wildman–Crippen MR) is 82.8 cm³/mol. The van der Waals surface area contributed by atoms with E-state index in [0.29, 0.717) is 10.6 Å². The average molecular weight is 339 g/mol. The number of amides is 1. The van der Waals surface area contributed by atoms with Crippen molar-refractivity contribution in [2.24, 2.45) is 11.0 Å². The summed E-state index contributed by atoms with van der Waals surface area (Å²) in [5, 5.41) is 17.9. The van der Waals surface area contributed by atoms with Gasteiger partial charge in [0.2, 0.25) is 5.91 Å². The van der Waals surface area contributed by atoms with Crippen LogP contribution in [0.1, 0.15) is 17.5 Å². The molecule has 0 aromatic carbocycles. The largest absolute Gasteiger partial charge is 0.390 e. The van der Waals surface area contributed by atoms with Crippen LogP contribution in [0.5, 0.6) is 0 Å². The Bertz CT molecular complexity index is 755. The highest BCUT2D eigenvalue weighted by atomic mass is 32.1. The molecule has 10 heteroatoms. The van der Waals surface area contributed by atoms with Crippen molar-refractivity contribution in [3.05, 3.63) is 44.0 Å². The Morgan fingerprint density at radius 1 is 1.65 bits per heavy atom. The normalized spacial score (nSPS) is 12.5. The van der Waals surface area contributed by atoms with E-state index in [-0.39, 0.29) is 23.4 Å². The number of thiophene rings is 1. The van der Waals surface area contributed by atoms with Gasteiger partial charge in [-0.15, -0.1) is 11.3 Å². The molecule has 2 heterocycles. The first kappa shape index (κ1) is 16.7. The molecule has 1 amide bonds. The molecule has 1 atom stereocenters. The van der Waals surface area contributed by atoms with Crippen LogP contribution in [-0.2, 0) is 11.3 Å². The molecular weight excluding hydrogens is 325 g/mol. The van der Waals surface area contributed by atoms with Gasteiger partial charge in [-0.2, -0.15) is 14.2 Å². The Labute approximate surface area is 134 Å². The van der Waals surface area contributed by atoms with Crippen LogP contribution in [0.4, 0.5) is 10.2 Å². The SMILES string of the molecule is Cc1cc([N+](=O)[O-])nn1CC(C)C(=O)N/N=C/c1ccc(F)s1. The molecule has 0 aliphatic carbocycles. The fraction of sp³-hybridized carbons (Fsp3) is 0.308. The molecule has 0 radical (unpaired) electrons. The summed E-state index contributed by atoms with van der Waals surface area (Å²) in [7, 11) is 0. The van der Waals surface area contributed by atoms with Crippen LogP contribution >= 0.6 is 11.3 Å². The number of nitro groups is 1. The number of nitrogens with zero attached hydrogens (tertiary/aromatic N) is 4. The highest BCUT2D eigenvalue weighted by Crippen LogP contribution is 2.13. The number of aromatic nitrogens is 2. The summed E-state index contributed by atoms with van der Waals surface area (Å²) in [4.78, 5) is 22.6. The molecule has 0 saturated heterocycles. The maximum absolute atomic E-state index is 12.8. The second kappa shape index (κ2) is 7.09. The summed E-state index contributed by atoms with van der Waals surface area (Å²) in [5.41, 5.74) is 2.94. The number of hydrazone groups is 1. The lowest BCUT2D eigenvalue weighted by Gasteiger charge is -2.08. The van der Waals surface area contributed by atoms with E-state index in [2.05, 4.69) is 15.6 Å². The van der Waals surface area contributed by atoms with Gasteiger partial charge in [-0.3, -0.25) is 4.79 Å². The van der Waals surface area contributed by atoms with Crippen molar-refractivity contribution in [3.8, 4) is 0 Å². The number of halogens is 1. The van der Waals surface area contributed by atoms with Gasteiger partial charge in [0.05, 0.1) is 40.4 Å². The zero-order chi connectivity index (χ0) is 17.0. The topological polar surface area (TPSA) is 102 Å². The van der Waals surface area contributed by atoms with Crippen LogP contribution in [0, 0.1) is 28.1 Å². The summed E-state index contributed by atoms with van der Waals surface area (Å²) >= 11 is 0.913. The van der Waals surface area contributed by atoms with Crippen molar-refractivity contribution in [2.75, 3.05) is 0 Å². The Morgan fingerprint density at radius 3 is 2.96 bits per heavy atom. The Balaban J connectivity index is 1.92. The highest BCUT2D eigenvalue weighted by molar-refractivity contribution is 7.12. The van der Waals surface area contributed by atoms with E-state index in [9.17, 15) is 19.3 Å². The molecule has 23 heavy (non-hydrogen) atoms. The molecule has 0 fully saturated rings. The zero-order valence-corrected chi connectivity index (χ0v) is 13.2. The number of hydrogen-bond acceptors (Lipinski definition) is 6. The molecule has 2 rings (SSSR count). The minimum atomic E-state index is -0.585. The van der Waals surface area contributed by atoms with Crippen molar-refractivity contribution in [3.63, 3.8) is 0 Å². The molecule has 0 spiro atoms. The summed E-state index contributed by atoms with van der Waals surface area (Å²) < 4.78 is 14.2. The highest BCUT2D eigenvalue weighted by Gasteiger charge is 2.20. The molecule has 122 valence electrons. The standard InChI is InChI=1S/C13H14FN5O3S/c1-8(7-18-9(2)5-12(17-18)19(21)22)13(20)16-15-6-10-3-4-11(14)23-10/h3-6,8H,7H2,1-2H3,(H,16,20)/b15-6+. The summed E-state index contributed by atoms with van der Waals surface area (Å²) in [6.07, 6.45) is 1.35. The summed E-state index contributed by atoms with van der Waals surface area (Å²) in [6.45, 7) is 3.52. The Kier molecular flexibility index (Phi) is 5.16. The molecule has 2 aromatic rings. The Hall–Kier alpha value is -2.62. The van der Waals surface area contributed by atoms with Crippen LogP contribution in [0.25, 0.3) is 0 Å². The third-order valence-electron chi connectivity index (χ3n) is 3.01. The van der Waals surface area contributed by atoms with Crippen molar-refractivity contribution >= 4 is 29.3 Å². The number of hydrogen-bond donors (Lipinski definition) is 1. The average Bonchev–Trinajstić information content (AvgIpc) is 3.05. The lowest BCUT2D eigenvalue weighted by Crippen LogP contribution is -2.28. The lowest BCUT2D eigenvalue weighted by molar-refractivity contribution is -0.389. The van der Waals surface area contributed by atoms with Crippen LogP contribution in [0.2, 0.25) is 0 Å². The molecule has 8 nitrogen and oxygen atoms in total. The predicted octanol–water partition coefficient (Wildman–Crippen LogP) is 2.09. The number of rotatable bonds is 6. The van der Waals surface area contributed by atoms with E-state index < -0.39 is 10.8 Å². The molecule has 0 aliphatic heterocycles. The lowest BCUT2D eigenvalue weighted by atomic mass is 10.2. The maximum Gasteiger partial charge on any atom is 0.390 e.